The van der Waals surface area contributed by atoms with Gasteiger partial charge in [0.1, 0.15) is 5.16 Å². The van der Waals surface area contributed by atoms with Crippen molar-refractivity contribution in [3.8, 4) is 0 Å². The molecule has 0 amide bonds. The van der Waals surface area contributed by atoms with E-state index in [9.17, 15) is 0 Å². The van der Waals surface area contributed by atoms with Crippen molar-refractivity contribution < 1.29 is 0 Å². The van der Waals surface area contributed by atoms with Gasteiger partial charge in [0.2, 0.25) is 0 Å². The van der Waals surface area contributed by atoms with Crippen LogP contribution >= 0.6 is 11.6 Å². The first-order chi connectivity index (χ1) is 5.07. The van der Waals surface area contributed by atoms with Gasteiger partial charge in [-0.05, 0) is 31.9 Å². The Balaban J connectivity index is 4.30. The summed E-state index contributed by atoms with van der Waals surface area (Å²) in [6.45, 7) is 9.58. The molecule has 0 saturated carbocycles. The molecule has 0 spiro atoms. The van der Waals surface area contributed by atoms with E-state index in [-0.39, 0.29) is 0 Å². The molecule has 0 N–H and O–H groups in total. The molecule has 2 heteroatoms. The summed E-state index contributed by atoms with van der Waals surface area (Å²) in [5, 5.41) is 0.549. The molecule has 0 unspecified atom stereocenters. The third-order valence-corrected chi connectivity index (χ3v) is 1.50. The average Bonchev–Trinajstić information content (AvgIpc) is 1.87. The number of halogens is 1. The van der Waals surface area contributed by atoms with Crippen molar-refractivity contribution in [2.24, 2.45) is 4.99 Å². The average molecular weight is 172 g/mol. The highest BCUT2D eigenvalue weighted by Crippen LogP contribution is 2.06. The molecule has 0 fully saturated rings. The molecule has 0 aliphatic rings. The Labute approximate surface area is 73.5 Å². The lowest BCUT2D eigenvalue weighted by atomic mass is 10.2. The summed E-state index contributed by atoms with van der Waals surface area (Å²) < 4.78 is 0. The molecule has 62 valence electrons. The van der Waals surface area contributed by atoms with Crippen LogP contribution in [-0.2, 0) is 0 Å². The van der Waals surface area contributed by atoms with Crippen molar-refractivity contribution in [2.45, 2.75) is 27.2 Å². The topological polar surface area (TPSA) is 12.4 Å². The first-order valence-electron chi connectivity index (χ1n) is 3.64. The number of hydrogen-bond donors (Lipinski definition) is 0. The summed E-state index contributed by atoms with van der Waals surface area (Å²) in [7, 11) is 0. The van der Waals surface area contributed by atoms with Gasteiger partial charge in [-0.15, -0.1) is 0 Å². The normalized spacial score (nSPS) is 13.5. The first-order valence-corrected chi connectivity index (χ1v) is 4.02. The number of allylic oxidation sites excluding steroid dienone is 2. The van der Waals surface area contributed by atoms with Crippen molar-refractivity contribution in [2.75, 3.05) is 0 Å². The molecule has 0 aromatic carbocycles. The minimum atomic E-state index is 0.549. The molecular weight excluding hydrogens is 158 g/mol. The highest BCUT2D eigenvalue weighted by atomic mass is 35.5. The number of nitrogens with zero attached hydrogens (tertiary/aromatic N) is 1. The standard InChI is InChI=1S/C9H14ClN/c1-5-6-9(10)11-8(4)7(2)3/h6H,2,5H2,1,3-4H3/b9-6-,11-8?. The van der Waals surface area contributed by atoms with E-state index >= 15 is 0 Å². The highest BCUT2D eigenvalue weighted by Gasteiger charge is 1.91. The first kappa shape index (κ1) is 10.4. The van der Waals surface area contributed by atoms with Crippen molar-refractivity contribution >= 4 is 17.3 Å². The van der Waals surface area contributed by atoms with Crippen molar-refractivity contribution in [3.05, 3.63) is 23.4 Å². The van der Waals surface area contributed by atoms with Crippen LogP contribution in [0, 0.1) is 0 Å². The number of hydrogen-bond acceptors (Lipinski definition) is 1. The van der Waals surface area contributed by atoms with Gasteiger partial charge in [-0.2, -0.15) is 0 Å². The molecule has 1 nitrogen and oxygen atoms in total. The Kier molecular flexibility index (Phi) is 4.88. The third-order valence-electron chi connectivity index (χ3n) is 1.26. The fraction of sp³-hybridized carbons (Fsp3) is 0.444. The predicted molar refractivity (Wildman–Crippen MR) is 52.2 cm³/mol. The van der Waals surface area contributed by atoms with E-state index in [0.29, 0.717) is 5.16 Å². The van der Waals surface area contributed by atoms with E-state index < -0.39 is 0 Å². The highest BCUT2D eigenvalue weighted by molar-refractivity contribution is 6.30. The molecule has 0 aromatic rings. The van der Waals surface area contributed by atoms with Gasteiger partial charge >= 0.3 is 0 Å². The smallest absolute Gasteiger partial charge is 0.125 e. The molecule has 0 atom stereocenters. The van der Waals surface area contributed by atoms with Gasteiger partial charge in [0.25, 0.3) is 0 Å². The Morgan fingerprint density at radius 1 is 1.55 bits per heavy atom. The molecule has 0 aliphatic heterocycles. The third kappa shape index (κ3) is 4.79. The Hall–Kier alpha value is -0.560. The second-order valence-electron chi connectivity index (χ2n) is 2.41. The maximum atomic E-state index is 5.75. The van der Waals surface area contributed by atoms with Crippen LogP contribution in [0.5, 0.6) is 0 Å². The molecule has 0 saturated heterocycles. The summed E-state index contributed by atoms with van der Waals surface area (Å²) in [5.41, 5.74) is 1.84. The largest absolute Gasteiger partial charge is 0.242 e. The van der Waals surface area contributed by atoms with E-state index in [1.54, 1.807) is 0 Å². The summed E-state index contributed by atoms with van der Waals surface area (Å²) in [6.07, 6.45) is 2.78. The SMILES string of the molecule is C=C(C)C(C)=N/C(Cl)=C\CC. The summed E-state index contributed by atoms with van der Waals surface area (Å²) in [6, 6.07) is 0. The quantitative estimate of drug-likeness (QED) is 0.455. The van der Waals surface area contributed by atoms with Gasteiger partial charge in [0, 0.05) is 5.71 Å². The lowest BCUT2D eigenvalue weighted by Crippen LogP contribution is -1.90. The van der Waals surface area contributed by atoms with E-state index in [1.807, 2.05) is 26.8 Å². The van der Waals surface area contributed by atoms with Crippen LogP contribution in [0.2, 0.25) is 0 Å². The molecule has 0 bridgehead atoms. The molecule has 0 radical (unpaired) electrons. The van der Waals surface area contributed by atoms with Crippen LogP contribution in [0.4, 0.5) is 0 Å². The zero-order chi connectivity index (χ0) is 8.85. The van der Waals surface area contributed by atoms with Crippen LogP contribution in [-0.4, -0.2) is 5.71 Å². The van der Waals surface area contributed by atoms with Crippen LogP contribution in [0.15, 0.2) is 28.4 Å². The Bertz CT molecular complexity index is 202. The van der Waals surface area contributed by atoms with Gasteiger partial charge in [0.05, 0.1) is 0 Å². The fourth-order valence-electron chi connectivity index (χ4n) is 0.470. The number of aliphatic imine (C=N–C) groups is 1. The second kappa shape index (κ2) is 5.14. The van der Waals surface area contributed by atoms with E-state index in [1.165, 1.54) is 0 Å². The minimum absolute atomic E-state index is 0.549. The van der Waals surface area contributed by atoms with Crippen LogP contribution < -0.4 is 0 Å². The summed E-state index contributed by atoms with van der Waals surface area (Å²) in [4.78, 5) is 4.11. The molecule has 0 rings (SSSR count). The molecule has 0 aliphatic carbocycles. The Morgan fingerprint density at radius 2 is 2.09 bits per heavy atom. The minimum Gasteiger partial charge on any atom is -0.242 e. The van der Waals surface area contributed by atoms with Crippen molar-refractivity contribution in [3.63, 3.8) is 0 Å². The number of rotatable bonds is 3. The van der Waals surface area contributed by atoms with Crippen LogP contribution in [0.1, 0.15) is 27.2 Å². The monoisotopic (exact) mass is 171 g/mol. The second-order valence-corrected chi connectivity index (χ2v) is 2.80. The van der Waals surface area contributed by atoms with Crippen LogP contribution in [0.3, 0.4) is 0 Å². The van der Waals surface area contributed by atoms with Crippen LogP contribution in [0.25, 0.3) is 0 Å². The zero-order valence-corrected chi connectivity index (χ0v) is 8.07. The van der Waals surface area contributed by atoms with E-state index in [4.69, 9.17) is 11.6 Å². The van der Waals surface area contributed by atoms with Gasteiger partial charge < -0.3 is 0 Å². The predicted octanol–water partition coefficient (Wildman–Crippen LogP) is 3.51. The summed E-state index contributed by atoms with van der Waals surface area (Å²) in [5.74, 6) is 0. The maximum absolute atomic E-state index is 5.75. The molecule has 11 heavy (non-hydrogen) atoms. The van der Waals surface area contributed by atoms with E-state index in [2.05, 4.69) is 11.6 Å². The maximum Gasteiger partial charge on any atom is 0.125 e. The Morgan fingerprint density at radius 3 is 2.45 bits per heavy atom. The molecular formula is C9H14ClN. The zero-order valence-electron chi connectivity index (χ0n) is 7.32. The van der Waals surface area contributed by atoms with Crippen molar-refractivity contribution in [1.82, 2.24) is 0 Å². The van der Waals surface area contributed by atoms with Crippen molar-refractivity contribution in [1.29, 1.82) is 0 Å². The van der Waals surface area contributed by atoms with Gasteiger partial charge in [-0.3, -0.25) is 0 Å². The lowest BCUT2D eigenvalue weighted by molar-refractivity contribution is 1.20. The molecule has 0 heterocycles. The summed E-state index contributed by atoms with van der Waals surface area (Å²) >= 11 is 5.75. The van der Waals surface area contributed by atoms with Gasteiger partial charge in [-0.1, -0.05) is 25.1 Å². The van der Waals surface area contributed by atoms with Gasteiger partial charge in [0.15, 0.2) is 0 Å². The van der Waals surface area contributed by atoms with Gasteiger partial charge in [-0.25, -0.2) is 4.99 Å². The molecule has 0 aromatic heterocycles. The fourth-order valence-corrected chi connectivity index (χ4v) is 0.751. The van der Waals surface area contributed by atoms with E-state index in [0.717, 1.165) is 17.7 Å². The lowest BCUT2D eigenvalue weighted by Gasteiger charge is -1.96.